The highest BCUT2D eigenvalue weighted by Gasteiger charge is 2.30. The third-order valence-corrected chi connectivity index (χ3v) is 5.72. The number of halogens is 3. The second-order valence-electron chi connectivity index (χ2n) is 8.76. The normalized spacial score (nSPS) is 17.9. The molecule has 0 aliphatic carbocycles. The first-order chi connectivity index (χ1) is 16.1. The summed E-state index contributed by atoms with van der Waals surface area (Å²) in [5, 5.41) is 2.98. The SMILES string of the molecule is CC[C@@H](C)NC(=O)C(C)c1ccc(O[C@@H]2CCN(c3ncnc(OCC(C)(F)F)c3F)C2)cc1. The van der Waals surface area contributed by atoms with Crippen LogP contribution in [0.25, 0.3) is 0 Å². The molecule has 2 heterocycles. The molecule has 2 aromatic rings. The molecular weight excluding hydrogens is 449 g/mol. The van der Waals surface area contributed by atoms with Gasteiger partial charge in [0.15, 0.2) is 12.4 Å². The van der Waals surface area contributed by atoms with Crippen LogP contribution in [-0.4, -0.2) is 53.6 Å². The molecule has 1 unspecified atom stereocenters. The van der Waals surface area contributed by atoms with Crippen molar-refractivity contribution in [2.24, 2.45) is 0 Å². The van der Waals surface area contributed by atoms with Crippen LogP contribution < -0.4 is 19.7 Å². The third-order valence-electron chi connectivity index (χ3n) is 5.72. The molecule has 186 valence electrons. The maximum atomic E-state index is 14.7. The number of rotatable bonds is 10. The number of anilines is 1. The molecule has 1 fully saturated rings. The van der Waals surface area contributed by atoms with Gasteiger partial charge >= 0.3 is 0 Å². The number of amides is 1. The summed E-state index contributed by atoms with van der Waals surface area (Å²) in [5.41, 5.74) is 0.884. The Morgan fingerprint density at radius 3 is 2.62 bits per heavy atom. The molecule has 1 aliphatic heterocycles. The predicted octanol–water partition coefficient (Wildman–Crippen LogP) is 4.33. The van der Waals surface area contributed by atoms with Gasteiger partial charge in [0.1, 0.15) is 18.2 Å². The molecule has 1 aromatic heterocycles. The Balaban J connectivity index is 1.58. The first-order valence-electron chi connectivity index (χ1n) is 11.4. The van der Waals surface area contributed by atoms with Crippen molar-refractivity contribution in [3.63, 3.8) is 0 Å². The van der Waals surface area contributed by atoms with Gasteiger partial charge in [0.25, 0.3) is 11.8 Å². The van der Waals surface area contributed by atoms with E-state index in [-0.39, 0.29) is 29.8 Å². The molecule has 1 aliphatic rings. The molecule has 0 bridgehead atoms. The van der Waals surface area contributed by atoms with Crippen molar-refractivity contribution >= 4 is 11.7 Å². The van der Waals surface area contributed by atoms with Crippen molar-refractivity contribution in [1.29, 1.82) is 0 Å². The van der Waals surface area contributed by atoms with Gasteiger partial charge in [-0.3, -0.25) is 4.79 Å². The van der Waals surface area contributed by atoms with E-state index in [1.807, 2.05) is 45.0 Å². The van der Waals surface area contributed by atoms with Crippen LogP contribution in [0.15, 0.2) is 30.6 Å². The Morgan fingerprint density at radius 1 is 1.26 bits per heavy atom. The smallest absolute Gasteiger partial charge is 0.278 e. The minimum Gasteiger partial charge on any atom is -0.489 e. The van der Waals surface area contributed by atoms with E-state index in [9.17, 15) is 18.0 Å². The number of nitrogens with zero attached hydrogens (tertiary/aromatic N) is 3. The Morgan fingerprint density at radius 2 is 1.97 bits per heavy atom. The maximum absolute atomic E-state index is 14.7. The number of nitrogens with one attached hydrogen (secondary N) is 1. The van der Waals surface area contributed by atoms with Gasteiger partial charge < -0.3 is 19.7 Å². The van der Waals surface area contributed by atoms with E-state index in [2.05, 4.69) is 15.3 Å². The van der Waals surface area contributed by atoms with Gasteiger partial charge in [0.05, 0.1) is 12.5 Å². The largest absolute Gasteiger partial charge is 0.489 e. The van der Waals surface area contributed by atoms with Crippen LogP contribution in [-0.2, 0) is 4.79 Å². The van der Waals surface area contributed by atoms with E-state index >= 15 is 0 Å². The number of benzene rings is 1. The van der Waals surface area contributed by atoms with E-state index in [4.69, 9.17) is 9.47 Å². The second-order valence-corrected chi connectivity index (χ2v) is 8.76. The number of hydrogen-bond donors (Lipinski definition) is 1. The average molecular weight is 481 g/mol. The molecule has 1 N–H and O–H groups in total. The van der Waals surface area contributed by atoms with Gasteiger partial charge in [-0.1, -0.05) is 19.1 Å². The van der Waals surface area contributed by atoms with Crippen molar-refractivity contribution < 1.29 is 27.4 Å². The van der Waals surface area contributed by atoms with E-state index in [1.54, 1.807) is 4.90 Å². The first kappa shape index (κ1) is 25.6. The Bertz CT molecular complexity index is 969. The van der Waals surface area contributed by atoms with Gasteiger partial charge in [0, 0.05) is 25.9 Å². The van der Waals surface area contributed by atoms with Gasteiger partial charge in [-0.05, 0) is 38.0 Å². The van der Waals surface area contributed by atoms with Crippen molar-refractivity contribution in [2.75, 3.05) is 24.6 Å². The number of alkyl halides is 2. The lowest BCUT2D eigenvalue weighted by Gasteiger charge is -2.20. The van der Waals surface area contributed by atoms with Crippen molar-refractivity contribution in [1.82, 2.24) is 15.3 Å². The fourth-order valence-electron chi connectivity index (χ4n) is 3.53. The number of hydrogen-bond acceptors (Lipinski definition) is 6. The highest BCUT2D eigenvalue weighted by atomic mass is 19.3. The van der Waals surface area contributed by atoms with Crippen molar-refractivity contribution in [3.8, 4) is 11.6 Å². The quantitative estimate of drug-likeness (QED) is 0.546. The second kappa shape index (κ2) is 10.9. The Labute approximate surface area is 197 Å². The summed E-state index contributed by atoms with van der Waals surface area (Å²) >= 11 is 0. The lowest BCUT2D eigenvalue weighted by molar-refractivity contribution is -0.122. The van der Waals surface area contributed by atoms with Crippen molar-refractivity contribution in [2.45, 2.75) is 64.5 Å². The monoisotopic (exact) mass is 480 g/mol. The molecule has 3 atom stereocenters. The third kappa shape index (κ3) is 6.74. The zero-order valence-electron chi connectivity index (χ0n) is 19.9. The van der Waals surface area contributed by atoms with Gasteiger partial charge in [0.2, 0.25) is 11.7 Å². The predicted molar refractivity (Wildman–Crippen MR) is 122 cm³/mol. The molecular formula is C24H31F3N4O3. The van der Waals surface area contributed by atoms with Crippen LogP contribution in [0.2, 0.25) is 0 Å². The minimum atomic E-state index is -3.10. The summed E-state index contributed by atoms with van der Waals surface area (Å²) in [7, 11) is 0. The lowest BCUT2D eigenvalue weighted by atomic mass is 10.00. The fourth-order valence-corrected chi connectivity index (χ4v) is 3.53. The van der Waals surface area contributed by atoms with Gasteiger partial charge in [-0.2, -0.15) is 9.37 Å². The van der Waals surface area contributed by atoms with Crippen LogP contribution in [0.4, 0.5) is 19.0 Å². The topological polar surface area (TPSA) is 76.6 Å². The summed E-state index contributed by atoms with van der Waals surface area (Å²) in [6.45, 7) is 6.41. The zero-order chi connectivity index (χ0) is 24.9. The molecule has 34 heavy (non-hydrogen) atoms. The summed E-state index contributed by atoms with van der Waals surface area (Å²) in [6, 6.07) is 7.47. The Kier molecular flexibility index (Phi) is 8.22. The van der Waals surface area contributed by atoms with Crippen molar-refractivity contribution in [3.05, 3.63) is 42.0 Å². The molecule has 0 saturated carbocycles. The molecule has 1 saturated heterocycles. The highest BCUT2D eigenvalue weighted by Crippen LogP contribution is 2.29. The average Bonchev–Trinajstić information content (AvgIpc) is 3.25. The molecule has 0 spiro atoms. The Hall–Kier alpha value is -3.04. The number of carbonyl (C=O) groups excluding carboxylic acids is 1. The number of carbonyl (C=O) groups is 1. The first-order valence-corrected chi connectivity index (χ1v) is 11.4. The molecule has 3 rings (SSSR count). The van der Waals surface area contributed by atoms with Crippen LogP contribution in [0.1, 0.15) is 52.0 Å². The van der Waals surface area contributed by atoms with E-state index in [1.165, 1.54) is 0 Å². The van der Waals surface area contributed by atoms with Gasteiger partial charge in [-0.15, -0.1) is 0 Å². The summed E-state index contributed by atoms with van der Waals surface area (Å²) in [6.07, 6.45) is 2.37. The van der Waals surface area contributed by atoms with E-state index in [0.717, 1.165) is 18.3 Å². The van der Waals surface area contributed by atoms with Crippen LogP contribution in [0, 0.1) is 5.82 Å². The number of ether oxygens (including phenoxy) is 2. The molecule has 7 nitrogen and oxygen atoms in total. The summed E-state index contributed by atoms with van der Waals surface area (Å²) in [5.74, 6) is -4.15. The standard InChI is InChI=1S/C24H31F3N4O3/c1-5-15(2)30-22(32)16(3)17-6-8-18(9-7-17)34-19-10-11-31(12-19)21-20(25)23(29-14-28-21)33-13-24(4,26)27/h6-9,14-16,19H,5,10-13H2,1-4H3,(H,30,32)/t15-,16?,19-/m1/s1. The minimum absolute atomic E-state index is 0.00740. The van der Waals surface area contributed by atoms with E-state index in [0.29, 0.717) is 32.2 Å². The van der Waals surface area contributed by atoms with Crippen LogP contribution in [0.3, 0.4) is 0 Å². The highest BCUT2D eigenvalue weighted by molar-refractivity contribution is 5.83. The molecule has 0 radical (unpaired) electrons. The van der Waals surface area contributed by atoms with Crippen LogP contribution in [0.5, 0.6) is 11.6 Å². The molecule has 1 aromatic carbocycles. The van der Waals surface area contributed by atoms with E-state index < -0.39 is 24.2 Å². The summed E-state index contributed by atoms with van der Waals surface area (Å²) in [4.78, 5) is 21.6. The fraction of sp³-hybridized carbons (Fsp3) is 0.542. The number of aromatic nitrogens is 2. The molecule has 10 heteroatoms. The van der Waals surface area contributed by atoms with Gasteiger partial charge in [-0.25, -0.2) is 13.8 Å². The van der Waals surface area contributed by atoms with Crippen LogP contribution >= 0.6 is 0 Å². The lowest BCUT2D eigenvalue weighted by Crippen LogP contribution is -2.35. The molecule has 1 amide bonds. The summed E-state index contributed by atoms with van der Waals surface area (Å²) < 4.78 is 51.7. The zero-order valence-corrected chi connectivity index (χ0v) is 19.9. The maximum Gasteiger partial charge on any atom is 0.278 e.